The summed E-state index contributed by atoms with van der Waals surface area (Å²) in [5, 5.41) is 9.37. The first-order valence-corrected chi connectivity index (χ1v) is 7.63. The van der Waals surface area contributed by atoms with Crippen LogP contribution in [0.25, 0.3) is 0 Å². The summed E-state index contributed by atoms with van der Waals surface area (Å²) in [4.78, 5) is 11.0. The summed E-state index contributed by atoms with van der Waals surface area (Å²) in [5.74, 6) is -2.27. The third-order valence-electron chi connectivity index (χ3n) is 3.69. The molecule has 1 aliphatic carbocycles. The molecule has 0 radical (unpaired) electrons. The standard InChI is InChI=1S/C13H15FO4S/c14-10-6-2-3-7-11(10)19(17,18)13(12(15)16)8-4-1-5-9-13/h2-3,6-7H,1,4-5,8-9H2,(H,15,16). The molecule has 1 fully saturated rings. The summed E-state index contributed by atoms with van der Waals surface area (Å²) in [6.45, 7) is 0. The Hall–Kier alpha value is -1.43. The fourth-order valence-corrected chi connectivity index (χ4v) is 4.65. The maximum Gasteiger partial charge on any atom is 0.325 e. The minimum atomic E-state index is -4.23. The number of sulfone groups is 1. The van der Waals surface area contributed by atoms with Crippen LogP contribution in [0.2, 0.25) is 0 Å². The van der Waals surface area contributed by atoms with E-state index in [2.05, 4.69) is 0 Å². The molecule has 19 heavy (non-hydrogen) atoms. The van der Waals surface area contributed by atoms with Gasteiger partial charge in [-0.25, -0.2) is 12.8 Å². The number of hydrogen-bond acceptors (Lipinski definition) is 3. The van der Waals surface area contributed by atoms with E-state index in [1.54, 1.807) is 0 Å². The van der Waals surface area contributed by atoms with E-state index in [0.717, 1.165) is 18.6 Å². The van der Waals surface area contributed by atoms with Gasteiger partial charge in [-0.3, -0.25) is 4.79 Å². The van der Waals surface area contributed by atoms with Gasteiger partial charge < -0.3 is 5.11 Å². The molecule has 0 aliphatic heterocycles. The SMILES string of the molecule is O=C(O)C1(S(=O)(=O)c2ccccc2F)CCCCC1. The van der Waals surface area contributed by atoms with Gasteiger partial charge in [0.05, 0.1) is 0 Å². The lowest BCUT2D eigenvalue weighted by Gasteiger charge is -2.32. The molecule has 0 spiro atoms. The molecule has 1 aromatic rings. The molecule has 0 heterocycles. The lowest BCUT2D eigenvalue weighted by molar-refractivity contribution is -0.141. The number of carboxylic acid groups (broad SMARTS) is 1. The molecule has 0 atom stereocenters. The molecule has 0 saturated heterocycles. The van der Waals surface area contributed by atoms with Crippen LogP contribution in [0.4, 0.5) is 4.39 Å². The number of carboxylic acids is 1. The van der Waals surface area contributed by atoms with E-state index in [0.29, 0.717) is 12.8 Å². The van der Waals surface area contributed by atoms with Gasteiger partial charge in [-0.05, 0) is 25.0 Å². The molecule has 0 bridgehead atoms. The summed E-state index contributed by atoms with van der Waals surface area (Å²) in [7, 11) is -4.23. The Morgan fingerprint density at radius 3 is 2.26 bits per heavy atom. The van der Waals surface area contributed by atoms with E-state index in [-0.39, 0.29) is 12.8 Å². The third kappa shape index (κ3) is 2.14. The first-order valence-electron chi connectivity index (χ1n) is 6.14. The van der Waals surface area contributed by atoms with Gasteiger partial charge in [-0.2, -0.15) is 0 Å². The minimum Gasteiger partial charge on any atom is -0.480 e. The zero-order valence-electron chi connectivity index (χ0n) is 10.3. The Labute approximate surface area is 111 Å². The van der Waals surface area contributed by atoms with E-state index < -0.39 is 31.3 Å². The van der Waals surface area contributed by atoms with Gasteiger partial charge in [0.1, 0.15) is 10.7 Å². The molecule has 0 unspecified atom stereocenters. The Balaban J connectivity index is 2.59. The Bertz CT molecular complexity index is 588. The molecule has 6 heteroatoms. The second-order valence-electron chi connectivity index (χ2n) is 4.79. The maximum absolute atomic E-state index is 13.7. The fraction of sp³-hybridized carbons (Fsp3) is 0.462. The van der Waals surface area contributed by atoms with Crippen LogP contribution in [0, 0.1) is 5.82 Å². The number of halogens is 1. The number of rotatable bonds is 3. The fourth-order valence-electron chi connectivity index (χ4n) is 2.59. The van der Waals surface area contributed by atoms with Crippen LogP contribution in [0.3, 0.4) is 0 Å². The molecule has 2 rings (SSSR count). The van der Waals surface area contributed by atoms with Crippen molar-refractivity contribution in [2.24, 2.45) is 0 Å². The van der Waals surface area contributed by atoms with Crippen LogP contribution in [0.5, 0.6) is 0 Å². The molecule has 0 amide bonds. The van der Waals surface area contributed by atoms with Crippen molar-refractivity contribution in [2.45, 2.75) is 41.7 Å². The Morgan fingerprint density at radius 1 is 1.16 bits per heavy atom. The average Bonchev–Trinajstić information content (AvgIpc) is 2.39. The molecule has 104 valence electrons. The zero-order chi connectivity index (χ0) is 14.1. The molecule has 0 aromatic heterocycles. The van der Waals surface area contributed by atoms with Crippen molar-refractivity contribution >= 4 is 15.8 Å². The van der Waals surface area contributed by atoms with Crippen LogP contribution in [-0.2, 0) is 14.6 Å². The summed E-state index contributed by atoms with van der Waals surface area (Å²) in [5.41, 5.74) is 0. The summed E-state index contributed by atoms with van der Waals surface area (Å²) >= 11 is 0. The van der Waals surface area contributed by atoms with E-state index in [1.165, 1.54) is 12.1 Å². The largest absolute Gasteiger partial charge is 0.480 e. The van der Waals surface area contributed by atoms with E-state index in [9.17, 15) is 22.7 Å². The van der Waals surface area contributed by atoms with E-state index in [4.69, 9.17) is 0 Å². The summed E-state index contributed by atoms with van der Waals surface area (Å²) in [6.07, 6.45) is 1.94. The van der Waals surface area contributed by atoms with Crippen LogP contribution in [0.15, 0.2) is 29.2 Å². The first-order chi connectivity index (χ1) is 8.92. The van der Waals surface area contributed by atoms with Crippen molar-refractivity contribution in [2.75, 3.05) is 0 Å². The van der Waals surface area contributed by atoms with E-state index >= 15 is 0 Å². The third-order valence-corrected chi connectivity index (χ3v) is 6.21. The van der Waals surface area contributed by atoms with Crippen molar-refractivity contribution in [1.29, 1.82) is 0 Å². The topological polar surface area (TPSA) is 71.4 Å². The molecule has 1 saturated carbocycles. The molecular weight excluding hydrogens is 271 g/mol. The Morgan fingerprint density at radius 2 is 1.74 bits per heavy atom. The van der Waals surface area contributed by atoms with Crippen LogP contribution in [0.1, 0.15) is 32.1 Å². The van der Waals surface area contributed by atoms with Gasteiger partial charge in [0.2, 0.25) is 0 Å². The predicted octanol–water partition coefficient (Wildman–Crippen LogP) is 2.39. The number of benzene rings is 1. The lowest BCUT2D eigenvalue weighted by Crippen LogP contribution is -2.48. The van der Waals surface area contributed by atoms with Crippen LogP contribution in [-0.4, -0.2) is 24.2 Å². The number of aliphatic carboxylic acids is 1. The average molecular weight is 286 g/mol. The highest BCUT2D eigenvalue weighted by Gasteiger charge is 2.52. The minimum absolute atomic E-state index is 0.0407. The van der Waals surface area contributed by atoms with Crippen molar-refractivity contribution in [3.63, 3.8) is 0 Å². The van der Waals surface area contributed by atoms with Crippen LogP contribution < -0.4 is 0 Å². The van der Waals surface area contributed by atoms with E-state index in [1.807, 2.05) is 0 Å². The van der Waals surface area contributed by atoms with Gasteiger partial charge in [0.25, 0.3) is 0 Å². The highest BCUT2D eigenvalue weighted by atomic mass is 32.2. The molecular formula is C13H15FO4S. The lowest BCUT2D eigenvalue weighted by atomic mass is 9.88. The van der Waals surface area contributed by atoms with Gasteiger partial charge in [0, 0.05) is 0 Å². The highest BCUT2D eigenvalue weighted by Crippen LogP contribution is 2.39. The normalized spacial score (nSPS) is 19.0. The van der Waals surface area contributed by atoms with Crippen LogP contribution >= 0.6 is 0 Å². The predicted molar refractivity (Wildman–Crippen MR) is 67.0 cm³/mol. The Kier molecular flexibility index (Phi) is 3.62. The van der Waals surface area contributed by atoms with Gasteiger partial charge in [-0.15, -0.1) is 0 Å². The zero-order valence-corrected chi connectivity index (χ0v) is 11.1. The van der Waals surface area contributed by atoms with Gasteiger partial charge in [0.15, 0.2) is 14.6 Å². The summed E-state index contributed by atoms with van der Waals surface area (Å²) < 4.78 is 36.9. The number of carbonyl (C=O) groups is 1. The molecule has 4 nitrogen and oxygen atoms in total. The van der Waals surface area contributed by atoms with Crippen molar-refractivity contribution < 1.29 is 22.7 Å². The quantitative estimate of drug-likeness (QED) is 0.926. The smallest absolute Gasteiger partial charge is 0.325 e. The van der Waals surface area contributed by atoms with Gasteiger partial charge in [-0.1, -0.05) is 31.4 Å². The monoisotopic (exact) mass is 286 g/mol. The van der Waals surface area contributed by atoms with Crippen molar-refractivity contribution in [1.82, 2.24) is 0 Å². The van der Waals surface area contributed by atoms with Crippen molar-refractivity contribution in [3.05, 3.63) is 30.1 Å². The van der Waals surface area contributed by atoms with Gasteiger partial charge >= 0.3 is 5.97 Å². The highest BCUT2D eigenvalue weighted by molar-refractivity contribution is 7.93. The molecule has 1 N–H and O–H groups in total. The summed E-state index contributed by atoms with van der Waals surface area (Å²) in [6, 6.07) is 4.94. The second kappa shape index (κ2) is 4.92. The molecule has 1 aliphatic rings. The maximum atomic E-state index is 13.7. The first kappa shape index (κ1) is 14.0. The van der Waals surface area contributed by atoms with Crippen molar-refractivity contribution in [3.8, 4) is 0 Å². The number of hydrogen-bond donors (Lipinski definition) is 1. The second-order valence-corrected chi connectivity index (χ2v) is 7.02. The molecule has 1 aromatic carbocycles.